The highest BCUT2D eigenvalue weighted by atomic mass is 16.4. The van der Waals surface area contributed by atoms with E-state index in [1.165, 1.54) is 0 Å². The van der Waals surface area contributed by atoms with Gasteiger partial charge in [0.15, 0.2) is 0 Å². The fourth-order valence-corrected chi connectivity index (χ4v) is 1.35. The van der Waals surface area contributed by atoms with Crippen LogP contribution in [0.3, 0.4) is 0 Å². The van der Waals surface area contributed by atoms with Crippen molar-refractivity contribution in [2.45, 2.75) is 32.7 Å². The highest BCUT2D eigenvalue weighted by Crippen LogP contribution is 2.03. The molecule has 0 radical (unpaired) electrons. The van der Waals surface area contributed by atoms with Crippen LogP contribution in [0.2, 0.25) is 0 Å². The standard InChI is InChI=1S/C11H22N2O3/c1-9(2)13(8-6-11(15)16)10(14)5-7-12(3)4/h9H,5-8H2,1-4H3,(H,15,16). The second kappa shape index (κ2) is 7.22. The second-order valence-corrected chi connectivity index (χ2v) is 4.38. The van der Waals surface area contributed by atoms with Crippen molar-refractivity contribution < 1.29 is 14.7 Å². The second-order valence-electron chi connectivity index (χ2n) is 4.38. The fraction of sp³-hybridized carbons (Fsp3) is 0.818. The van der Waals surface area contributed by atoms with Crippen LogP contribution in [0.15, 0.2) is 0 Å². The Morgan fingerprint density at radius 2 is 1.69 bits per heavy atom. The third kappa shape index (κ3) is 6.40. The molecular formula is C11H22N2O3. The minimum atomic E-state index is -0.869. The van der Waals surface area contributed by atoms with Crippen molar-refractivity contribution in [3.8, 4) is 0 Å². The van der Waals surface area contributed by atoms with Crippen molar-refractivity contribution in [3.63, 3.8) is 0 Å². The van der Waals surface area contributed by atoms with Gasteiger partial charge >= 0.3 is 5.97 Å². The Bertz CT molecular complexity index is 239. The lowest BCUT2D eigenvalue weighted by molar-refractivity contribution is -0.139. The van der Waals surface area contributed by atoms with Gasteiger partial charge in [0.25, 0.3) is 0 Å². The summed E-state index contributed by atoms with van der Waals surface area (Å²) in [6.07, 6.45) is 0.441. The Kier molecular flexibility index (Phi) is 6.72. The largest absolute Gasteiger partial charge is 0.481 e. The first-order valence-corrected chi connectivity index (χ1v) is 5.50. The summed E-state index contributed by atoms with van der Waals surface area (Å²) in [4.78, 5) is 25.8. The Labute approximate surface area is 97.0 Å². The zero-order chi connectivity index (χ0) is 12.7. The van der Waals surface area contributed by atoms with E-state index in [4.69, 9.17) is 5.11 Å². The molecule has 0 atom stereocenters. The Morgan fingerprint density at radius 1 is 1.12 bits per heavy atom. The maximum absolute atomic E-state index is 11.8. The van der Waals surface area contributed by atoms with Crippen LogP contribution in [-0.2, 0) is 9.59 Å². The first kappa shape index (κ1) is 14.9. The molecule has 0 rings (SSSR count). The zero-order valence-electron chi connectivity index (χ0n) is 10.6. The number of carbonyl (C=O) groups excluding carboxylic acids is 1. The van der Waals surface area contributed by atoms with Crippen molar-refractivity contribution in [2.75, 3.05) is 27.2 Å². The van der Waals surface area contributed by atoms with Crippen LogP contribution in [0.5, 0.6) is 0 Å². The third-order valence-electron chi connectivity index (χ3n) is 2.28. The van der Waals surface area contributed by atoms with Gasteiger partial charge in [0, 0.05) is 25.6 Å². The maximum atomic E-state index is 11.8. The van der Waals surface area contributed by atoms with Crippen LogP contribution in [0.1, 0.15) is 26.7 Å². The molecule has 0 heterocycles. The molecule has 0 aliphatic carbocycles. The number of carboxylic acid groups (broad SMARTS) is 1. The van der Waals surface area contributed by atoms with E-state index < -0.39 is 5.97 Å². The molecule has 0 saturated heterocycles. The summed E-state index contributed by atoms with van der Waals surface area (Å²) in [6.45, 7) is 4.78. The lowest BCUT2D eigenvalue weighted by atomic mass is 10.2. The Morgan fingerprint density at radius 3 is 2.06 bits per heavy atom. The number of hydrogen-bond donors (Lipinski definition) is 1. The SMILES string of the molecule is CC(C)N(CCC(=O)O)C(=O)CCN(C)C. The molecule has 1 N–H and O–H groups in total. The van der Waals surface area contributed by atoms with Crippen molar-refractivity contribution in [1.29, 1.82) is 0 Å². The number of amides is 1. The quantitative estimate of drug-likeness (QED) is 0.697. The number of carboxylic acids is 1. The summed E-state index contributed by atoms with van der Waals surface area (Å²) in [5.41, 5.74) is 0. The lowest BCUT2D eigenvalue weighted by Crippen LogP contribution is -2.39. The topological polar surface area (TPSA) is 60.9 Å². The molecule has 0 aromatic heterocycles. The van der Waals surface area contributed by atoms with Gasteiger partial charge in [-0.25, -0.2) is 0 Å². The Balaban J connectivity index is 4.19. The average Bonchev–Trinajstić information content (AvgIpc) is 2.13. The smallest absolute Gasteiger partial charge is 0.305 e. The zero-order valence-corrected chi connectivity index (χ0v) is 10.6. The fourth-order valence-electron chi connectivity index (χ4n) is 1.35. The molecule has 5 heteroatoms. The summed E-state index contributed by atoms with van der Waals surface area (Å²) < 4.78 is 0. The monoisotopic (exact) mass is 230 g/mol. The van der Waals surface area contributed by atoms with Crippen molar-refractivity contribution in [2.24, 2.45) is 0 Å². The molecule has 0 fully saturated rings. The molecule has 0 aromatic carbocycles. The predicted octanol–water partition coefficient (Wildman–Crippen LogP) is 0.650. The number of carbonyl (C=O) groups is 2. The molecule has 16 heavy (non-hydrogen) atoms. The van der Waals surface area contributed by atoms with E-state index in [1.807, 2.05) is 32.8 Å². The molecule has 0 aromatic rings. The van der Waals surface area contributed by atoms with Crippen molar-refractivity contribution in [1.82, 2.24) is 9.80 Å². The molecule has 5 nitrogen and oxygen atoms in total. The van der Waals surface area contributed by atoms with E-state index in [0.717, 1.165) is 0 Å². The molecule has 94 valence electrons. The maximum Gasteiger partial charge on any atom is 0.305 e. The van der Waals surface area contributed by atoms with E-state index in [1.54, 1.807) is 4.90 Å². The normalized spacial score (nSPS) is 10.9. The number of rotatable bonds is 7. The number of nitrogens with zero attached hydrogens (tertiary/aromatic N) is 2. The third-order valence-corrected chi connectivity index (χ3v) is 2.28. The van der Waals surface area contributed by atoms with Crippen molar-refractivity contribution in [3.05, 3.63) is 0 Å². The molecule has 0 unspecified atom stereocenters. The van der Waals surface area contributed by atoms with Gasteiger partial charge in [-0.2, -0.15) is 0 Å². The minimum Gasteiger partial charge on any atom is -0.481 e. The number of aliphatic carboxylic acids is 1. The van der Waals surface area contributed by atoms with E-state index >= 15 is 0 Å². The van der Waals surface area contributed by atoms with E-state index in [-0.39, 0.29) is 18.4 Å². The molecule has 0 saturated carbocycles. The summed E-state index contributed by atoms with van der Waals surface area (Å²) in [6, 6.07) is 0.0500. The predicted molar refractivity (Wildman–Crippen MR) is 62.3 cm³/mol. The summed E-state index contributed by atoms with van der Waals surface area (Å²) in [7, 11) is 3.81. The summed E-state index contributed by atoms with van der Waals surface area (Å²) >= 11 is 0. The highest BCUT2D eigenvalue weighted by Gasteiger charge is 2.17. The van der Waals surface area contributed by atoms with E-state index in [2.05, 4.69) is 0 Å². The van der Waals surface area contributed by atoms with Crippen LogP contribution in [-0.4, -0.2) is 60.0 Å². The van der Waals surface area contributed by atoms with Gasteiger partial charge in [0.2, 0.25) is 5.91 Å². The van der Waals surface area contributed by atoms with Gasteiger partial charge in [-0.1, -0.05) is 0 Å². The minimum absolute atomic E-state index is 0.00584. The van der Waals surface area contributed by atoms with Gasteiger partial charge in [-0.3, -0.25) is 9.59 Å². The summed E-state index contributed by atoms with van der Waals surface area (Å²) in [5.74, 6) is -0.851. The van der Waals surface area contributed by atoms with E-state index in [0.29, 0.717) is 19.5 Å². The molecule has 0 aliphatic heterocycles. The molecule has 0 spiro atoms. The van der Waals surface area contributed by atoms with Gasteiger partial charge in [0.1, 0.15) is 0 Å². The molecular weight excluding hydrogens is 208 g/mol. The van der Waals surface area contributed by atoms with Gasteiger partial charge < -0.3 is 14.9 Å². The van der Waals surface area contributed by atoms with Gasteiger partial charge in [-0.15, -0.1) is 0 Å². The van der Waals surface area contributed by atoms with Crippen molar-refractivity contribution >= 4 is 11.9 Å². The highest BCUT2D eigenvalue weighted by molar-refractivity contribution is 5.77. The van der Waals surface area contributed by atoms with Crippen LogP contribution in [0.25, 0.3) is 0 Å². The first-order valence-electron chi connectivity index (χ1n) is 5.50. The van der Waals surface area contributed by atoms with Crippen LogP contribution >= 0.6 is 0 Å². The van der Waals surface area contributed by atoms with E-state index in [9.17, 15) is 9.59 Å². The van der Waals surface area contributed by atoms with Crippen LogP contribution < -0.4 is 0 Å². The molecule has 0 bridgehead atoms. The van der Waals surface area contributed by atoms with Gasteiger partial charge in [0.05, 0.1) is 6.42 Å². The number of hydrogen-bond acceptors (Lipinski definition) is 3. The Hall–Kier alpha value is -1.10. The van der Waals surface area contributed by atoms with Crippen LogP contribution in [0, 0.1) is 0 Å². The van der Waals surface area contributed by atoms with Gasteiger partial charge in [-0.05, 0) is 27.9 Å². The molecule has 0 aliphatic rings. The van der Waals surface area contributed by atoms with Crippen LogP contribution in [0.4, 0.5) is 0 Å². The first-order chi connectivity index (χ1) is 7.34. The lowest BCUT2D eigenvalue weighted by Gasteiger charge is -2.26. The molecule has 1 amide bonds. The summed E-state index contributed by atoms with van der Waals surface area (Å²) in [5, 5.41) is 8.60. The average molecular weight is 230 g/mol.